The minimum atomic E-state index is -0.209. The number of methoxy groups -OCH3 is 2. The van der Waals surface area contributed by atoms with Crippen LogP contribution in [-0.4, -0.2) is 46.8 Å². The van der Waals surface area contributed by atoms with Crippen LogP contribution in [0.3, 0.4) is 0 Å². The van der Waals surface area contributed by atoms with E-state index in [0.29, 0.717) is 41.7 Å². The number of piperidine rings is 1. The van der Waals surface area contributed by atoms with Crippen molar-refractivity contribution >= 4 is 5.91 Å². The number of benzene rings is 2. The number of ether oxygens (including phenoxy) is 2. The van der Waals surface area contributed by atoms with E-state index in [0.717, 1.165) is 36.1 Å². The van der Waals surface area contributed by atoms with Crippen LogP contribution in [0.4, 0.5) is 0 Å². The molecule has 1 saturated heterocycles. The third kappa shape index (κ3) is 4.77. The molecule has 8 heteroatoms. The molecule has 8 nitrogen and oxygen atoms in total. The van der Waals surface area contributed by atoms with E-state index in [1.54, 1.807) is 26.5 Å². The van der Waals surface area contributed by atoms with E-state index in [2.05, 4.69) is 27.3 Å². The van der Waals surface area contributed by atoms with Gasteiger partial charge in [-0.15, -0.1) is 0 Å². The Hall–Kier alpha value is -4.07. The van der Waals surface area contributed by atoms with E-state index in [1.807, 2.05) is 41.3 Å². The Kier molecular flexibility index (Phi) is 6.52. The monoisotopic (exact) mass is 472 g/mol. The third-order valence-electron chi connectivity index (χ3n) is 6.33. The highest BCUT2D eigenvalue weighted by Crippen LogP contribution is 2.35. The second-order valence-corrected chi connectivity index (χ2v) is 8.57. The normalized spacial score (nSPS) is 15.7. The molecule has 35 heavy (non-hydrogen) atoms. The van der Waals surface area contributed by atoms with Gasteiger partial charge in [0.05, 0.1) is 26.1 Å². The van der Waals surface area contributed by atoms with Gasteiger partial charge >= 0.3 is 0 Å². The summed E-state index contributed by atoms with van der Waals surface area (Å²) in [5, 5.41) is 7.30. The number of nitrogens with one attached hydrogen (secondary N) is 1. The van der Waals surface area contributed by atoms with Crippen molar-refractivity contribution in [2.45, 2.75) is 31.7 Å². The molecule has 1 amide bonds. The van der Waals surface area contributed by atoms with Gasteiger partial charge in [-0.05, 0) is 49.1 Å². The summed E-state index contributed by atoms with van der Waals surface area (Å²) in [4.78, 5) is 19.9. The van der Waals surface area contributed by atoms with Gasteiger partial charge in [0.15, 0.2) is 0 Å². The van der Waals surface area contributed by atoms with Crippen molar-refractivity contribution < 1.29 is 18.7 Å². The van der Waals surface area contributed by atoms with E-state index >= 15 is 0 Å². The molecule has 0 spiro atoms. The maximum atomic E-state index is 13.5. The second-order valence-electron chi connectivity index (χ2n) is 8.57. The SMILES string of the molecule is COc1ccc(OC)c(-c2cc(C(=O)N3CCCC[C@@H]3c3ncc(Cc4ccccc4)o3)[nH]n2)c1. The Morgan fingerprint density at radius 3 is 2.77 bits per heavy atom. The van der Waals surface area contributed by atoms with Crippen molar-refractivity contribution in [1.82, 2.24) is 20.1 Å². The van der Waals surface area contributed by atoms with Gasteiger partial charge in [-0.25, -0.2) is 4.98 Å². The number of amides is 1. The molecular formula is C27H28N4O4. The minimum Gasteiger partial charge on any atom is -0.497 e. The average Bonchev–Trinajstić information content (AvgIpc) is 3.59. The van der Waals surface area contributed by atoms with Gasteiger partial charge in [-0.3, -0.25) is 9.89 Å². The first-order chi connectivity index (χ1) is 17.2. The molecule has 180 valence electrons. The molecule has 2 aromatic carbocycles. The smallest absolute Gasteiger partial charge is 0.272 e. The first-order valence-corrected chi connectivity index (χ1v) is 11.7. The average molecular weight is 473 g/mol. The zero-order chi connectivity index (χ0) is 24.2. The molecule has 1 aliphatic heterocycles. The van der Waals surface area contributed by atoms with Gasteiger partial charge < -0.3 is 18.8 Å². The highest BCUT2D eigenvalue weighted by Gasteiger charge is 2.33. The molecule has 1 aliphatic rings. The van der Waals surface area contributed by atoms with E-state index < -0.39 is 0 Å². The number of hydrogen-bond donors (Lipinski definition) is 1. The van der Waals surface area contributed by atoms with Crippen LogP contribution in [0.1, 0.15) is 53.0 Å². The maximum Gasteiger partial charge on any atom is 0.272 e. The summed E-state index contributed by atoms with van der Waals surface area (Å²) >= 11 is 0. The molecule has 5 rings (SSSR count). The summed E-state index contributed by atoms with van der Waals surface area (Å²) in [6, 6.07) is 17.2. The van der Waals surface area contributed by atoms with Crippen LogP contribution >= 0.6 is 0 Å². The Morgan fingerprint density at radius 1 is 1.11 bits per heavy atom. The second kappa shape index (κ2) is 10.0. The number of nitrogens with zero attached hydrogens (tertiary/aromatic N) is 3. The number of aromatic nitrogens is 3. The number of likely N-dealkylation sites (tertiary alicyclic amines) is 1. The molecule has 1 fully saturated rings. The molecule has 0 aliphatic carbocycles. The van der Waals surface area contributed by atoms with Crippen LogP contribution in [0, 0.1) is 0 Å². The van der Waals surface area contributed by atoms with E-state index in [-0.39, 0.29) is 11.9 Å². The lowest BCUT2D eigenvalue weighted by atomic mass is 10.0. The predicted octanol–water partition coefficient (Wildman–Crippen LogP) is 5.04. The Balaban J connectivity index is 1.37. The Bertz CT molecular complexity index is 1300. The number of aromatic amines is 1. The lowest BCUT2D eigenvalue weighted by molar-refractivity contribution is 0.0564. The fourth-order valence-corrected chi connectivity index (χ4v) is 4.53. The van der Waals surface area contributed by atoms with Crippen LogP contribution in [0.15, 0.2) is 65.2 Å². The maximum absolute atomic E-state index is 13.5. The molecule has 4 aromatic rings. The van der Waals surface area contributed by atoms with Crippen LogP contribution in [0.5, 0.6) is 11.5 Å². The zero-order valence-corrected chi connectivity index (χ0v) is 19.9. The molecular weight excluding hydrogens is 444 g/mol. The number of H-pyrrole nitrogens is 1. The lowest BCUT2D eigenvalue weighted by Gasteiger charge is -2.33. The summed E-state index contributed by atoms with van der Waals surface area (Å²) in [6.07, 6.45) is 5.19. The van der Waals surface area contributed by atoms with Gasteiger partial charge in [-0.2, -0.15) is 5.10 Å². The van der Waals surface area contributed by atoms with Crippen molar-refractivity contribution in [1.29, 1.82) is 0 Å². The molecule has 1 atom stereocenters. The molecule has 0 bridgehead atoms. The fraction of sp³-hybridized carbons (Fsp3) is 0.296. The van der Waals surface area contributed by atoms with Gasteiger partial charge in [0.25, 0.3) is 5.91 Å². The van der Waals surface area contributed by atoms with E-state index in [4.69, 9.17) is 13.9 Å². The van der Waals surface area contributed by atoms with Gasteiger partial charge in [0.2, 0.25) is 5.89 Å². The van der Waals surface area contributed by atoms with Gasteiger partial charge in [0.1, 0.15) is 29.0 Å². The third-order valence-corrected chi connectivity index (χ3v) is 6.33. The zero-order valence-electron chi connectivity index (χ0n) is 19.9. The summed E-state index contributed by atoms with van der Waals surface area (Å²) in [5.74, 6) is 2.58. The first-order valence-electron chi connectivity index (χ1n) is 11.7. The van der Waals surface area contributed by atoms with Crippen molar-refractivity contribution in [2.75, 3.05) is 20.8 Å². The number of rotatable bonds is 7. The van der Waals surface area contributed by atoms with Crippen molar-refractivity contribution in [3.8, 4) is 22.8 Å². The van der Waals surface area contributed by atoms with Crippen LogP contribution in [-0.2, 0) is 6.42 Å². The van der Waals surface area contributed by atoms with Gasteiger partial charge in [0, 0.05) is 18.5 Å². The van der Waals surface area contributed by atoms with Crippen molar-refractivity contribution in [3.05, 3.63) is 83.7 Å². The van der Waals surface area contributed by atoms with Crippen LogP contribution in [0.2, 0.25) is 0 Å². The fourth-order valence-electron chi connectivity index (χ4n) is 4.53. The number of hydrogen-bond acceptors (Lipinski definition) is 6. The lowest BCUT2D eigenvalue weighted by Crippen LogP contribution is -2.38. The van der Waals surface area contributed by atoms with Crippen LogP contribution < -0.4 is 9.47 Å². The first kappa shape index (κ1) is 22.7. The quantitative estimate of drug-likeness (QED) is 0.405. The van der Waals surface area contributed by atoms with E-state index in [9.17, 15) is 4.79 Å². The minimum absolute atomic E-state index is 0.127. The highest BCUT2D eigenvalue weighted by molar-refractivity contribution is 5.94. The summed E-state index contributed by atoms with van der Waals surface area (Å²) in [6.45, 7) is 0.636. The summed E-state index contributed by atoms with van der Waals surface area (Å²) in [7, 11) is 3.21. The molecule has 0 unspecified atom stereocenters. The Labute approximate surface area is 203 Å². The number of oxazole rings is 1. The van der Waals surface area contributed by atoms with Crippen molar-refractivity contribution in [3.63, 3.8) is 0 Å². The summed E-state index contributed by atoms with van der Waals surface area (Å²) < 4.78 is 16.9. The van der Waals surface area contributed by atoms with E-state index in [1.165, 1.54) is 0 Å². The highest BCUT2D eigenvalue weighted by atomic mass is 16.5. The number of carbonyl (C=O) groups excluding carboxylic acids is 1. The molecule has 0 radical (unpaired) electrons. The largest absolute Gasteiger partial charge is 0.497 e. The molecule has 3 heterocycles. The Morgan fingerprint density at radius 2 is 1.97 bits per heavy atom. The molecule has 1 N–H and O–H groups in total. The van der Waals surface area contributed by atoms with Crippen LogP contribution in [0.25, 0.3) is 11.3 Å². The summed E-state index contributed by atoms with van der Waals surface area (Å²) in [5.41, 5.74) is 2.92. The van der Waals surface area contributed by atoms with Gasteiger partial charge in [-0.1, -0.05) is 30.3 Å². The standard InChI is InChI=1S/C27H28N4O4/c1-33-19-11-12-25(34-2)21(15-19)22-16-23(30-29-22)27(32)31-13-7-6-10-24(31)26-28-17-20(35-26)14-18-8-4-3-5-9-18/h3-5,8-9,11-12,15-17,24H,6-7,10,13-14H2,1-2H3,(H,29,30)/t24-/m1/s1. The van der Waals surface area contributed by atoms with Crippen molar-refractivity contribution in [2.24, 2.45) is 0 Å². The molecule has 2 aromatic heterocycles. The predicted molar refractivity (Wildman–Crippen MR) is 131 cm³/mol. The molecule has 0 saturated carbocycles. The number of carbonyl (C=O) groups is 1. The topological polar surface area (TPSA) is 93.5 Å².